The van der Waals surface area contributed by atoms with E-state index in [4.69, 9.17) is 10.5 Å². The maximum absolute atomic E-state index is 5.61. The van der Waals surface area contributed by atoms with Crippen molar-refractivity contribution in [2.45, 2.75) is 32.8 Å². The van der Waals surface area contributed by atoms with Gasteiger partial charge in [-0.15, -0.1) is 0 Å². The molecular weight excluding hydrogens is 126 g/mol. The van der Waals surface area contributed by atoms with E-state index >= 15 is 0 Å². The van der Waals surface area contributed by atoms with Crippen molar-refractivity contribution in [3.8, 4) is 0 Å². The lowest BCUT2D eigenvalue weighted by Gasteiger charge is -2.21. The van der Waals surface area contributed by atoms with Crippen LogP contribution in [0.4, 0.5) is 0 Å². The highest BCUT2D eigenvalue weighted by Crippen LogP contribution is 2.37. The zero-order chi connectivity index (χ0) is 7.83. The Morgan fingerprint density at radius 3 is 2.20 bits per heavy atom. The van der Waals surface area contributed by atoms with Crippen molar-refractivity contribution in [3.05, 3.63) is 0 Å². The second-order valence-electron chi connectivity index (χ2n) is 4.24. The van der Waals surface area contributed by atoms with Crippen molar-refractivity contribution < 1.29 is 4.74 Å². The van der Waals surface area contributed by atoms with Crippen molar-refractivity contribution >= 4 is 0 Å². The molecule has 2 N–H and O–H groups in total. The predicted molar refractivity (Wildman–Crippen MR) is 41.8 cm³/mol. The molecule has 0 aromatic carbocycles. The molecule has 1 aliphatic heterocycles. The molecule has 1 aliphatic rings. The summed E-state index contributed by atoms with van der Waals surface area (Å²) in [5.41, 5.74) is 5.88. The molecule has 2 heteroatoms. The van der Waals surface area contributed by atoms with E-state index in [1.54, 1.807) is 0 Å². The second-order valence-corrected chi connectivity index (χ2v) is 4.24. The van der Waals surface area contributed by atoms with Gasteiger partial charge in [0.2, 0.25) is 0 Å². The molecule has 0 aromatic heterocycles. The molecule has 1 fully saturated rings. The standard InChI is InChI=1S/C8H17NO/c1-7(2)4-8(3,5-9)6-10-7/h4-6,9H2,1-3H3. The van der Waals surface area contributed by atoms with E-state index in [2.05, 4.69) is 20.8 Å². The SMILES string of the molecule is CC1(CN)COC(C)(C)C1. The van der Waals surface area contributed by atoms with Gasteiger partial charge in [-0.2, -0.15) is 0 Å². The number of hydrogen-bond acceptors (Lipinski definition) is 2. The van der Waals surface area contributed by atoms with E-state index in [-0.39, 0.29) is 11.0 Å². The molecule has 1 saturated heterocycles. The van der Waals surface area contributed by atoms with Gasteiger partial charge in [-0.3, -0.25) is 0 Å². The van der Waals surface area contributed by atoms with Crippen molar-refractivity contribution in [1.29, 1.82) is 0 Å². The van der Waals surface area contributed by atoms with Crippen LogP contribution in [0.3, 0.4) is 0 Å². The molecule has 0 spiro atoms. The monoisotopic (exact) mass is 143 g/mol. The molecule has 1 heterocycles. The van der Waals surface area contributed by atoms with Gasteiger partial charge < -0.3 is 10.5 Å². The number of ether oxygens (including phenoxy) is 1. The van der Waals surface area contributed by atoms with Gasteiger partial charge in [0.05, 0.1) is 12.2 Å². The smallest absolute Gasteiger partial charge is 0.0633 e. The minimum Gasteiger partial charge on any atom is -0.375 e. The Bertz CT molecular complexity index is 133. The first-order valence-corrected chi connectivity index (χ1v) is 3.82. The first-order valence-electron chi connectivity index (χ1n) is 3.82. The largest absolute Gasteiger partial charge is 0.375 e. The van der Waals surface area contributed by atoms with Crippen molar-refractivity contribution in [3.63, 3.8) is 0 Å². The maximum Gasteiger partial charge on any atom is 0.0633 e. The fourth-order valence-electron chi connectivity index (χ4n) is 1.63. The molecule has 0 bridgehead atoms. The van der Waals surface area contributed by atoms with E-state index in [1.807, 2.05) is 0 Å². The van der Waals surface area contributed by atoms with Gasteiger partial charge in [-0.05, 0) is 26.8 Å². The Hall–Kier alpha value is -0.0800. The molecule has 60 valence electrons. The molecule has 0 saturated carbocycles. The first-order chi connectivity index (χ1) is 4.47. The van der Waals surface area contributed by atoms with E-state index in [1.165, 1.54) is 0 Å². The molecule has 0 aromatic rings. The molecule has 10 heavy (non-hydrogen) atoms. The zero-order valence-corrected chi connectivity index (χ0v) is 7.11. The van der Waals surface area contributed by atoms with Crippen molar-refractivity contribution in [1.82, 2.24) is 0 Å². The fourth-order valence-corrected chi connectivity index (χ4v) is 1.63. The second kappa shape index (κ2) is 2.21. The third kappa shape index (κ3) is 1.50. The van der Waals surface area contributed by atoms with Crippen LogP contribution in [0.2, 0.25) is 0 Å². The number of nitrogens with two attached hydrogens (primary N) is 1. The minimum atomic E-state index is 0.0497. The Balaban J connectivity index is 2.57. The molecule has 2 nitrogen and oxygen atoms in total. The summed E-state index contributed by atoms with van der Waals surface area (Å²) in [6.45, 7) is 7.97. The summed E-state index contributed by atoms with van der Waals surface area (Å²) < 4.78 is 5.57. The van der Waals surface area contributed by atoms with Gasteiger partial charge in [0.1, 0.15) is 0 Å². The Kier molecular flexibility index (Phi) is 1.77. The predicted octanol–water partition coefficient (Wildman–Crippen LogP) is 1.15. The summed E-state index contributed by atoms with van der Waals surface area (Å²) in [5.74, 6) is 0. The summed E-state index contributed by atoms with van der Waals surface area (Å²) in [4.78, 5) is 0. The fraction of sp³-hybridized carbons (Fsp3) is 1.00. The van der Waals surface area contributed by atoms with Gasteiger partial charge in [0.15, 0.2) is 0 Å². The zero-order valence-electron chi connectivity index (χ0n) is 7.11. The summed E-state index contributed by atoms with van der Waals surface area (Å²) in [7, 11) is 0. The Morgan fingerprint density at radius 2 is 2.00 bits per heavy atom. The first kappa shape index (κ1) is 8.02. The van der Waals surface area contributed by atoms with E-state index in [0.717, 1.165) is 19.6 Å². The van der Waals surface area contributed by atoms with Crippen LogP contribution in [0.5, 0.6) is 0 Å². The summed E-state index contributed by atoms with van der Waals surface area (Å²) in [6.07, 6.45) is 1.08. The summed E-state index contributed by atoms with van der Waals surface area (Å²) in [6, 6.07) is 0. The van der Waals surface area contributed by atoms with Crippen LogP contribution in [-0.2, 0) is 4.74 Å². The lowest BCUT2D eigenvalue weighted by Crippen LogP contribution is -2.28. The van der Waals surface area contributed by atoms with Crippen LogP contribution in [0.1, 0.15) is 27.2 Å². The van der Waals surface area contributed by atoms with Gasteiger partial charge >= 0.3 is 0 Å². The maximum atomic E-state index is 5.61. The van der Waals surface area contributed by atoms with Crippen LogP contribution in [-0.4, -0.2) is 18.8 Å². The molecular formula is C8H17NO. The summed E-state index contributed by atoms with van der Waals surface area (Å²) >= 11 is 0. The highest BCUT2D eigenvalue weighted by Gasteiger charge is 2.39. The third-order valence-corrected chi connectivity index (χ3v) is 2.16. The average Bonchev–Trinajstić information content (AvgIpc) is 2.08. The van der Waals surface area contributed by atoms with E-state index in [9.17, 15) is 0 Å². The summed E-state index contributed by atoms with van der Waals surface area (Å²) in [5, 5.41) is 0. The van der Waals surface area contributed by atoms with Crippen LogP contribution in [0.15, 0.2) is 0 Å². The Labute approximate surface area is 62.7 Å². The highest BCUT2D eigenvalue weighted by atomic mass is 16.5. The van der Waals surface area contributed by atoms with Crippen molar-refractivity contribution in [2.24, 2.45) is 11.1 Å². The lowest BCUT2D eigenvalue weighted by atomic mass is 9.84. The topological polar surface area (TPSA) is 35.2 Å². The molecule has 0 aliphatic carbocycles. The average molecular weight is 143 g/mol. The van der Waals surface area contributed by atoms with Gasteiger partial charge in [-0.25, -0.2) is 0 Å². The lowest BCUT2D eigenvalue weighted by molar-refractivity contribution is 0.0323. The van der Waals surface area contributed by atoms with Crippen molar-refractivity contribution in [2.75, 3.05) is 13.2 Å². The van der Waals surface area contributed by atoms with E-state index < -0.39 is 0 Å². The van der Waals surface area contributed by atoms with Gasteiger partial charge in [0, 0.05) is 5.41 Å². The normalized spacial score (nSPS) is 38.4. The molecule has 1 atom stereocenters. The molecule has 1 unspecified atom stereocenters. The van der Waals surface area contributed by atoms with E-state index in [0.29, 0.717) is 0 Å². The Morgan fingerprint density at radius 1 is 1.40 bits per heavy atom. The minimum absolute atomic E-state index is 0.0497. The number of rotatable bonds is 1. The van der Waals surface area contributed by atoms with Crippen LogP contribution in [0, 0.1) is 5.41 Å². The van der Waals surface area contributed by atoms with Crippen LogP contribution in [0.25, 0.3) is 0 Å². The highest BCUT2D eigenvalue weighted by molar-refractivity contribution is 4.90. The van der Waals surface area contributed by atoms with Crippen LogP contribution >= 0.6 is 0 Å². The van der Waals surface area contributed by atoms with Crippen LogP contribution < -0.4 is 5.73 Å². The molecule has 1 rings (SSSR count). The quantitative estimate of drug-likeness (QED) is 0.597. The van der Waals surface area contributed by atoms with Gasteiger partial charge in [0.25, 0.3) is 0 Å². The molecule has 0 radical (unpaired) electrons. The third-order valence-electron chi connectivity index (χ3n) is 2.16. The molecule has 0 amide bonds. The number of hydrogen-bond donors (Lipinski definition) is 1. The van der Waals surface area contributed by atoms with Gasteiger partial charge in [-0.1, -0.05) is 6.92 Å².